The number of hydrogen-bond donors (Lipinski definition) is 1. The summed E-state index contributed by atoms with van der Waals surface area (Å²) in [6.07, 6.45) is 1.63. The van der Waals surface area contributed by atoms with Crippen molar-refractivity contribution < 1.29 is 9.47 Å². The summed E-state index contributed by atoms with van der Waals surface area (Å²) in [6.45, 7) is 0.669. The van der Waals surface area contributed by atoms with Crippen molar-refractivity contribution in [2.24, 2.45) is 0 Å². The van der Waals surface area contributed by atoms with Crippen molar-refractivity contribution in [3.05, 3.63) is 76.6 Å². The molecule has 0 atom stereocenters. The lowest BCUT2D eigenvalue weighted by molar-refractivity contribution is 0.00512. The summed E-state index contributed by atoms with van der Waals surface area (Å²) in [5, 5.41) is 0.648. The number of rotatable bonds is 5. The van der Waals surface area contributed by atoms with Gasteiger partial charge in [0, 0.05) is 23.7 Å². The van der Waals surface area contributed by atoms with E-state index >= 15 is 0 Å². The minimum atomic E-state index is -0.00405. The molecule has 1 aromatic heterocycles. The van der Waals surface area contributed by atoms with Gasteiger partial charge in [0.25, 0.3) is 0 Å². The molecule has 1 N–H and O–H groups in total. The SMILES string of the molecule is O=c1cc[nH]c2cc(OCOCc3ccccc3)ccc12. The first-order valence-corrected chi connectivity index (χ1v) is 6.69. The number of fused-ring (bicyclic) bond motifs is 1. The first-order chi connectivity index (χ1) is 10.3. The first-order valence-electron chi connectivity index (χ1n) is 6.69. The van der Waals surface area contributed by atoms with Gasteiger partial charge in [0.2, 0.25) is 0 Å². The smallest absolute Gasteiger partial charge is 0.189 e. The Morgan fingerprint density at radius 1 is 1.00 bits per heavy atom. The van der Waals surface area contributed by atoms with E-state index in [-0.39, 0.29) is 12.2 Å². The Morgan fingerprint density at radius 2 is 1.86 bits per heavy atom. The summed E-state index contributed by atoms with van der Waals surface area (Å²) in [7, 11) is 0. The predicted molar refractivity (Wildman–Crippen MR) is 81.3 cm³/mol. The second kappa shape index (κ2) is 6.24. The molecule has 0 saturated heterocycles. The van der Waals surface area contributed by atoms with Crippen molar-refractivity contribution in [2.75, 3.05) is 6.79 Å². The summed E-state index contributed by atoms with van der Waals surface area (Å²) < 4.78 is 11.0. The minimum absolute atomic E-state index is 0.00405. The Balaban J connectivity index is 1.59. The van der Waals surface area contributed by atoms with E-state index in [2.05, 4.69) is 4.98 Å². The quantitative estimate of drug-likeness (QED) is 0.577. The van der Waals surface area contributed by atoms with Crippen LogP contribution in [0.15, 0.2) is 65.6 Å². The topological polar surface area (TPSA) is 51.3 Å². The highest BCUT2D eigenvalue weighted by atomic mass is 16.7. The summed E-state index contributed by atoms with van der Waals surface area (Å²) in [4.78, 5) is 14.6. The van der Waals surface area contributed by atoms with Crippen molar-refractivity contribution >= 4 is 10.9 Å². The third-order valence-electron chi connectivity index (χ3n) is 3.15. The molecule has 4 heteroatoms. The summed E-state index contributed by atoms with van der Waals surface area (Å²) >= 11 is 0. The molecular weight excluding hydrogens is 266 g/mol. The number of aromatic amines is 1. The zero-order valence-electron chi connectivity index (χ0n) is 11.4. The number of hydrogen-bond acceptors (Lipinski definition) is 3. The highest BCUT2D eigenvalue weighted by molar-refractivity contribution is 5.79. The van der Waals surface area contributed by atoms with Crippen LogP contribution in [0.25, 0.3) is 10.9 Å². The van der Waals surface area contributed by atoms with E-state index in [4.69, 9.17) is 9.47 Å². The molecule has 106 valence electrons. The molecule has 1 heterocycles. The Kier molecular flexibility index (Phi) is 3.98. The van der Waals surface area contributed by atoms with Gasteiger partial charge < -0.3 is 14.5 Å². The normalized spacial score (nSPS) is 10.7. The highest BCUT2D eigenvalue weighted by Crippen LogP contribution is 2.16. The molecule has 0 aliphatic heterocycles. The van der Waals surface area contributed by atoms with Gasteiger partial charge in [0.05, 0.1) is 12.1 Å². The van der Waals surface area contributed by atoms with Gasteiger partial charge in [-0.3, -0.25) is 4.79 Å². The van der Waals surface area contributed by atoms with Crippen LogP contribution in [0, 0.1) is 0 Å². The Hall–Kier alpha value is -2.59. The third-order valence-corrected chi connectivity index (χ3v) is 3.15. The number of pyridine rings is 1. The van der Waals surface area contributed by atoms with Gasteiger partial charge in [0.15, 0.2) is 12.2 Å². The molecule has 0 spiro atoms. The van der Waals surface area contributed by atoms with Crippen molar-refractivity contribution in [1.29, 1.82) is 0 Å². The summed E-state index contributed by atoms with van der Waals surface area (Å²) in [5.41, 5.74) is 1.85. The monoisotopic (exact) mass is 281 g/mol. The van der Waals surface area contributed by atoms with E-state index in [1.807, 2.05) is 30.3 Å². The lowest BCUT2D eigenvalue weighted by Crippen LogP contribution is -2.04. The van der Waals surface area contributed by atoms with Crippen molar-refractivity contribution in [1.82, 2.24) is 4.98 Å². The summed E-state index contributed by atoms with van der Waals surface area (Å²) in [6, 6.07) is 16.7. The minimum Gasteiger partial charge on any atom is -0.467 e. The molecule has 21 heavy (non-hydrogen) atoms. The van der Waals surface area contributed by atoms with Crippen LogP contribution < -0.4 is 10.2 Å². The van der Waals surface area contributed by atoms with E-state index in [0.717, 1.165) is 11.1 Å². The molecule has 0 radical (unpaired) electrons. The van der Waals surface area contributed by atoms with E-state index in [1.165, 1.54) is 6.07 Å². The maximum Gasteiger partial charge on any atom is 0.189 e. The average Bonchev–Trinajstić information content (AvgIpc) is 2.53. The van der Waals surface area contributed by atoms with E-state index in [1.54, 1.807) is 24.4 Å². The first kappa shape index (κ1) is 13.4. The zero-order valence-corrected chi connectivity index (χ0v) is 11.4. The Morgan fingerprint density at radius 3 is 2.71 bits per heavy atom. The number of benzene rings is 2. The standard InChI is InChI=1S/C17H15NO3/c19-17-8-9-18-16-10-14(6-7-15(16)17)21-12-20-11-13-4-2-1-3-5-13/h1-10H,11-12H2,(H,18,19). The maximum atomic E-state index is 11.6. The van der Waals surface area contributed by atoms with Gasteiger partial charge in [-0.1, -0.05) is 30.3 Å². The van der Waals surface area contributed by atoms with Crippen LogP contribution in [0.1, 0.15) is 5.56 Å². The number of aromatic nitrogens is 1. The predicted octanol–water partition coefficient (Wildman–Crippen LogP) is 3.08. The number of nitrogens with one attached hydrogen (secondary N) is 1. The second-order valence-corrected chi connectivity index (χ2v) is 4.65. The molecule has 0 bridgehead atoms. The number of H-pyrrole nitrogens is 1. The molecule has 0 fully saturated rings. The molecule has 0 aliphatic carbocycles. The van der Waals surface area contributed by atoms with Crippen molar-refractivity contribution in [3.63, 3.8) is 0 Å². The molecule has 0 amide bonds. The molecular formula is C17H15NO3. The highest BCUT2D eigenvalue weighted by Gasteiger charge is 2.00. The average molecular weight is 281 g/mol. The Labute approximate surface area is 122 Å². The van der Waals surface area contributed by atoms with E-state index in [0.29, 0.717) is 17.7 Å². The van der Waals surface area contributed by atoms with Gasteiger partial charge in [-0.25, -0.2) is 0 Å². The van der Waals surface area contributed by atoms with E-state index < -0.39 is 0 Å². The fraction of sp³-hybridized carbons (Fsp3) is 0.118. The van der Waals surface area contributed by atoms with Gasteiger partial charge in [-0.05, 0) is 17.7 Å². The second-order valence-electron chi connectivity index (χ2n) is 4.65. The lowest BCUT2D eigenvalue weighted by Gasteiger charge is -2.08. The summed E-state index contributed by atoms with van der Waals surface area (Å²) in [5.74, 6) is 0.664. The van der Waals surface area contributed by atoms with Crippen LogP contribution in [0.5, 0.6) is 5.75 Å². The van der Waals surface area contributed by atoms with Crippen LogP contribution in [0.3, 0.4) is 0 Å². The number of ether oxygens (including phenoxy) is 2. The van der Waals surface area contributed by atoms with Crippen LogP contribution in [-0.2, 0) is 11.3 Å². The largest absolute Gasteiger partial charge is 0.467 e. The fourth-order valence-corrected chi connectivity index (χ4v) is 2.09. The lowest BCUT2D eigenvalue weighted by atomic mass is 10.2. The molecule has 3 aromatic rings. The van der Waals surface area contributed by atoms with Crippen LogP contribution in [0.2, 0.25) is 0 Å². The molecule has 0 saturated carbocycles. The van der Waals surface area contributed by atoms with Gasteiger partial charge >= 0.3 is 0 Å². The zero-order chi connectivity index (χ0) is 14.5. The van der Waals surface area contributed by atoms with Crippen molar-refractivity contribution in [2.45, 2.75) is 6.61 Å². The van der Waals surface area contributed by atoms with Gasteiger partial charge in [-0.2, -0.15) is 0 Å². The molecule has 0 aliphatic rings. The Bertz CT molecular complexity index is 781. The van der Waals surface area contributed by atoms with Gasteiger partial charge in [0.1, 0.15) is 5.75 Å². The molecule has 3 rings (SSSR count). The van der Waals surface area contributed by atoms with Crippen LogP contribution in [0.4, 0.5) is 0 Å². The van der Waals surface area contributed by atoms with Crippen molar-refractivity contribution in [3.8, 4) is 5.75 Å². The molecule has 4 nitrogen and oxygen atoms in total. The molecule has 0 unspecified atom stereocenters. The third kappa shape index (κ3) is 3.30. The van der Waals surface area contributed by atoms with Crippen LogP contribution >= 0.6 is 0 Å². The van der Waals surface area contributed by atoms with Crippen LogP contribution in [-0.4, -0.2) is 11.8 Å². The van der Waals surface area contributed by atoms with E-state index in [9.17, 15) is 4.79 Å². The fourth-order valence-electron chi connectivity index (χ4n) is 2.09. The van der Waals surface area contributed by atoms with Gasteiger partial charge in [-0.15, -0.1) is 0 Å². The maximum absolute atomic E-state index is 11.6. The molecule has 2 aromatic carbocycles.